The van der Waals surface area contributed by atoms with E-state index in [0.717, 1.165) is 25.7 Å². The molecule has 4 unspecified atom stereocenters. The summed E-state index contributed by atoms with van der Waals surface area (Å²) in [6, 6.07) is 0. The quantitative estimate of drug-likeness (QED) is 0.745. The zero-order valence-electron chi connectivity index (χ0n) is 9.82. The summed E-state index contributed by atoms with van der Waals surface area (Å²) >= 11 is 0. The fourth-order valence-electron chi connectivity index (χ4n) is 2.62. The van der Waals surface area contributed by atoms with Crippen LogP contribution < -0.4 is 5.32 Å². The van der Waals surface area contributed by atoms with Crippen molar-refractivity contribution in [2.24, 2.45) is 11.8 Å². The zero-order valence-corrected chi connectivity index (χ0v) is 9.82. The minimum Gasteiger partial charge on any atom is -0.393 e. The summed E-state index contributed by atoms with van der Waals surface area (Å²) in [4.78, 5) is 11.8. The maximum Gasteiger partial charge on any atom is 0.225 e. The second kappa shape index (κ2) is 5.15. The van der Waals surface area contributed by atoms with Crippen LogP contribution in [0.15, 0.2) is 0 Å². The van der Waals surface area contributed by atoms with Crippen molar-refractivity contribution >= 4 is 5.91 Å². The van der Waals surface area contributed by atoms with Gasteiger partial charge in [0.1, 0.15) is 0 Å². The number of amides is 1. The predicted octanol–water partition coefficient (Wildman–Crippen LogP) is 0.689. The Bertz CT molecular complexity index is 257. The molecule has 1 heterocycles. The number of hydrogen-bond donors (Lipinski definition) is 2. The van der Waals surface area contributed by atoms with Gasteiger partial charge in [-0.05, 0) is 38.5 Å². The summed E-state index contributed by atoms with van der Waals surface area (Å²) in [5.74, 6) is 0.603. The SMILES string of the molecule is CC1CC(C(=O)NCC2CCC(O)C2)CO1. The van der Waals surface area contributed by atoms with Crippen molar-refractivity contribution in [1.82, 2.24) is 5.32 Å². The summed E-state index contributed by atoms with van der Waals surface area (Å²) < 4.78 is 5.37. The molecule has 2 aliphatic rings. The van der Waals surface area contributed by atoms with E-state index in [0.29, 0.717) is 19.1 Å². The van der Waals surface area contributed by atoms with Crippen LogP contribution in [-0.4, -0.2) is 36.4 Å². The summed E-state index contributed by atoms with van der Waals surface area (Å²) in [6.07, 6.45) is 3.63. The van der Waals surface area contributed by atoms with Gasteiger partial charge in [-0.25, -0.2) is 0 Å². The van der Waals surface area contributed by atoms with Crippen molar-refractivity contribution in [3.8, 4) is 0 Å². The van der Waals surface area contributed by atoms with Gasteiger partial charge in [-0.15, -0.1) is 0 Å². The van der Waals surface area contributed by atoms with E-state index in [1.807, 2.05) is 6.92 Å². The molecule has 0 aromatic rings. The van der Waals surface area contributed by atoms with E-state index < -0.39 is 0 Å². The minimum absolute atomic E-state index is 0.0290. The topological polar surface area (TPSA) is 58.6 Å². The van der Waals surface area contributed by atoms with Crippen LogP contribution in [0.2, 0.25) is 0 Å². The molecule has 1 aliphatic heterocycles. The molecule has 2 fully saturated rings. The van der Waals surface area contributed by atoms with Crippen LogP contribution in [0, 0.1) is 11.8 Å². The van der Waals surface area contributed by atoms with Crippen LogP contribution in [0.5, 0.6) is 0 Å². The van der Waals surface area contributed by atoms with Crippen LogP contribution in [0.1, 0.15) is 32.6 Å². The van der Waals surface area contributed by atoms with Crippen LogP contribution in [0.3, 0.4) is 0 Å². The third kappa shape index (κ3) is 2.95. The standard InChI is InChI=1S/C12H21NO3/c1-8-4-10(7-16-8)12(15)13-6-9-2-3-11(14)5-9/h8-11,14H,2-7H2,1H3,(H,13,15). The third-order valence-electron chi connectivity index (χ3n) is 3.65. The second-order valence-corrected chi connectivity index (χ2v) is 5.15. The average Bonchev–Trinajstić information content (AvgIpc) is 2.84. The van der Waals surface area contributed by atoms with Gasteiger partial charge >= 0.3 is 0 Å². The number of ether oxygens (including phenoxy) is 1. The number of aliphatic hydroxyl groups excluding tert-OH is 1. The largest absolute Gasteiger partial charge is 0.393 e. The molecule has 0 spiro atoms. The lowest BCUT2D eigenvalue weighted by molar-refractivity contribution is -0.125. The van der Waals surface area contributed by atoms with Crippen LogP contribution in [-0.2, 0) is 9.53 Å². The van der Waals surface area contributed by atoms with E-state index in [1.165, 1.54) is 0 Å². The summed E-state index contributed by atoms with van der Waals surface area (Å²) in [6.45, 7) is 3.27. The zero-order chi connectivity index (χ0) is 11.5. The lowest BCUT2D eigenvalue weighted by atomic mass is 10.0. The molecular formula is C12H21NO3. The molecular weight excluding hydrogens is 206 g/mol. The van der Waals surface area contributed by atoms with Crippen molar-refractivity contribution in [3.63, 3.8) is 0 Å². The summed E-state index contributed by atoms with van der Waals surface area (Å²) in [5, 5.41) is 12.4. The van der Waals surface area contributed by atoms with Crippen molar-refractivity contribution in [3.05, 3.63) is 0 Å². The van der Waals surface area contributed by atoms with Gasteiger partial charge in [0.2, 0.25) is 5.91 Å². The van der Waals surface area contributed by atoms with Gasteiger partial charge in [0.25, 0.3) is 0 Å². The van der Waals surface area contributed by atoms with Gasteiger partial charge in [0, 0.05) is 6.54 Å². The van der Waals surface area contributed by atoms with Crippen molar-refractivity contribution in [2.75, 3.05) is 13.2 Å². The molecule has 4 heteroatoms. The molecule has 0 aromatic carbocycles. The number of hydrogen-bond acceptors (Lipinski definition) is 3. The average molecular weight is 227 g/mol. The number of aliphatic hydroxyl groups is 1. The molecule has 2 N–H and O–H groups in total. The Labute approximate surface area is 96.4 Å². The molecule has 4 atom stereocenters. The van der Waals surface area contributed by atoms with Crippen LogP contribution in [0.25, 0.3) is 0 Å². The molecule has 1 saturated heterocycles. The van der Waals surface area contributed by atoms with Gasteiger partial charge in [0.05, 0.1) is 24.7 Å². The van der Waals surface area contributed by atoms with E-state index >= 15 is 0 Å². The van der Waals surface area contributed by atoms with Crippen LogP contribution in [0.4, 0.5) is 0 Å². The Morgan fingerprint density at radius 2 is 2.25 bits per heavy atom. The first-order chi connectivity index (χ1) is 7.65. The Morgan fingerprint density at radius 3 is 2.81 bits per heavy atom. The monoisotopic (exact) mass is 227 g/mol. The smallest absolute Gasteiger partial charge is 0.225 e. The Kier molecular flexibility index (Phi) is 3.82. The molecule has 0 radical (unpaired) electrons. The van der Waals surface area contributed by atoms with E-state index in [-0.39, 0.29) is 24.0 Å². The van der Waals surface area contributed by atoms with Crippen molar-refractivity contribution < 1.29 is 14.6 Å². The Hall–Kier alpha value is -0.610. The van der Waals surface area contributed by atoms with E-state index in [2.05, 4.69) is 5.32 Å². The van der Waals surface area contributed by atoms with Crippen molar-refractivity contribution in [1.29, 1.82) is 0 Å². The number of carbonyl (C=O) groups is 1. The number of carbonyl (C=O) groups excluding carboxylic acids is 1. The van der Waals surface area contributed by atoms with Crippen molar-refractivity contribution in [2.45, 2.75) is 44.8 Å². The fraction of sp³-hybridized carbons (Fsp3) is 0.917. The van der Waals surface area contributed by atoms with Gasteiger partial charge in [0.15, 0.2) is 0 Å². The Morgan fingerprint density at radius 1 is 1.44 bits per heavy atom. The van der Waals surface area contributed by atoms with E-state index in [1.54, 1.807) is 0 Å². The molecule has 0 bridgehead atoms. The van der Waals surface area contributed by atoms with Gasteiger partial charge in [-0.1, -0.05) is 0 Å². The molecule has 0 aromatic heterocycles. The fourth-order valence-corrected chi connectivity index (χ4v) is 2.62. The predicted molar refractivity (Wildman–Crippen MR) is 59.9 cm³/mol. The lowest BCUT2D eigenvalue weighted by Crippen LogP contribution is -2.34. The highest BCUT2D eigenvalue weighted by molar-refractivity contribution is 5.79. The molecule has 1 amide bonds. The van der Waals surface area contributed by atoms with Crippen LogP contribution >= 0.6 is 0 Å². The molecule has 1 saturated carbocycles. The first-order valence-corrected chi connectivity index (χ1v) is 6.22. The highest BCUT2D eigenvalue weighted by Crippen LogP contribution is 2.25. The normalized spacial score (nSPS) is 38.9. The molecule has 4 nitrogen and oxygen atoms in total. The summed E-state index contributed by atoms with van der Waals surface area (Å²) in [7, 11) is 0. The molecule has 92 valence electrons. The lowest BCUT2D eigenvalue weighted by Gasteiger charge is -2.13. The first kappa shape index (κ1) is 11.9. The molecule has 1 aliphatic carbocycles. The highest BCUT2D eigenvalue weighted by Gasteiger charge is 2.29. The van der Waals surface area contributed by atoms with E-state index in [9.17, 15) is 9.90 Å². The third-order valence-corrected chi connectivity index (χ3v) is 3.65. The maximum absolute atomic E-state index is 11.8. The van der Waals surface area contributed by atoms with Gasteiger partial charge in [-0.3, -0.25) is 4.79 Å². The highest BCUT2D eigenvalue weighted by atomic mass is 16.5. The van der Waals surface area contributed by atoms with Gasteiger partial charge in [-0.2, -0.15) is 0 Å². The number of nitrogens with one attached hydrogen (secondary N) is 1. The first-order valence-electron chi connectivity index (χ1n) is 6.22. The van der Waals surface area contributed by atoms with E-state index in [4.69, 9.17) is 4.74 Å². The van der Waals surface area contributed by atoms with Gasteiger partial charge < -0.3 is 15.2 Å². The molecule has 2 rings (SSSR count). The molecule has 16 heavy (non-hydrogen) atoms. The minimum atomic E-state index is -0.156. The maximum atomic E-state index is 11.8. The summed E-state index contributed by atoms with van der Waals surface area (Å²) in [5.41, 5.74) is 0. The number of rotatable bonds is 3. The second-order valence-electron chi connectivity index (χ2n) is 5.15. The Balaban J connectivity index is 1.68.